The number of pyridine rings is 1. The van der Waals surface area contributed by atoms with Crippen molar-refractivity contribution in [1.82, 2.24) is 28.3 Å². The van der Waals surface area contributed by atoms with E-state index in [-0.39, 0.29) is 12.2 Å². The first kappa shape index (κ1) is 27.4. The fourth-order valence-electron chi connectivity index (χ4n) is 6.55. The van der Waals surface area contributed by atoms with Crippen molar-refractivity contribution in [3.05, 3.63) is 60.1 Å². The summed E-state index contributed by atoms with van der Waals surface area (Å²) in [6, 6.07) is 12.2. The SMILES string of the molecule is CN1C=CCN(C(=O)c2cc(N3CCC(N4CCOCC4)CC3)c3c(C4CCC4)nn(-c4ccccc4)c3n2)S1(=O)=O. The summed E-state index contributed by atoms with van der Waals surface area (Å²) in [6.07, 6.45) is 8.47. The van der Waals surface area contributed by atoms with E-state index in [2.05, 4.69) is 9.80 Å². The summed E-state index contributed by atoms with van der Waals surface area (Å²) in [5.74, 6) is -0.296. The predicted molar refractivity (Wildman–Crippen MR) is 160 cm³/mol. The van der Waals surface area contributed by atoms with E-state index < -0.39 is 16.1 Å². The molecule has 3 aliphatic heterocycles. The number of hydrogen-bond donors (Lipinski definition) is 0. The Kier molecular flexibility index (Phi) is 7.15. The molecule has 1 saturated carbocycles. The van der Waals surface area contributed by atoms with Crippen LogP contribution in [0.2, 0.25) is 0 Å². The standard InChI is InChI=1S/C30H37N7O4S/c1-33-13-6-14-36(42(33,39)40)30(38)25-21-26(35-15-11-23(12-16-35)34-17-19-41-20-18-34)27-28(22-7-5-8-22)32-37(29(27)31-25)24-9-3-2-4-10-24/h2-4,6,9-10,13,21-23H,5,7-8,11-12,14-20H2,1H3. The van der Waals surface area contributed by atoms with Crippen molar-refractivity contribution in [3.63, 3.8) is 0 Å². The van der Waals surface area contributed by atoms with Gasteiger partial charge in [-0.25, -0.2) is 14.0 Å². The van der Waals surface area contributed by atoms with Gasteiger partial charge in [0.2, 0.25) is 0 Å². The van der Waals surface area contributed by atoms with E-state index in [1.165, 1.54) is 19.7 Å². The molecule has 3 fully saturated rings. The molecule has 0 atom stereocenters. The number of morpholine rings is 1. The van der Waals surface area contributed by atoms with E-state index in [4.69, 9.17) is 14.8 Å². The summed E-state index contributed by atoms with van der Waals surface area (Å²) < 4.78 is 35.6. The monoisotopic (exact) mass is 591 g/mol. The van der Waals surface area contributed by atoms with Crippen molar-refractivity contribution < 1.29 is 17.9 Å². The van der Waals surface area contributed by atoms with Crippen LogP contribution in [0.5, 0.6) is 0 Å². The summed E-state index contributed by atoms with van der Waals surface area (Å²) in [7, 11) is -2.56. The van der Waals surface area contributed by atoms with Crippen molar-refractivity contribution in [2.75, 3.05) is 57.9 Å². The number of para-hydroxylation sites is 1. The van der Waals surface area contributed by atoms with Crippen LogP contribution in [0.3, 0.4) is 0 Å². The zero-order valence-corrected chi connectivity index (χ0v) is 24.7. The highest BCUT2D eigenvalue weighted by Gasteiger charge is 2.36. The third-order valence-corrected chi connectivity index (χ3v) is 10.9. The van der Waals surface area contributed by atoms with Crippen LogP contribution >= 0.6 is 0 Å². The molecule has 0 spiro atoms. The Hall–Kier alpha value is -3.48. The third kappa shape index (κ3) is 4.75. The number of carbonyl (C=O) groups is 1. The Morgan fingerprint density at radius 1 is 1.00 bits per heavy atom. The maximum absolute atomic E-state index is 13.9. The van der Waals surface area contributed by atoms with Crippen molar-refractivity contribution in [2.24, 2.45) is 0 Å². The average molecular weight is 592 g/mol. The number of anilines is 1. The van der Waals surface area contributed by atoms with Gasteiger partial charge in [-0.3, -0.25) is 14.0 Å². The molecule has 0 N–H and O–H groups in total. The third-order valence-electron chi connectivity index (χ3n) is 9.18. The van der Waals surface area contributed by atoms with E-state index >= 15 is 0 Å². The first-order valence-corrected chi connectivity index (χ1v) is 16.3. The molecule has 0 unspecified atom stereocenters. The lowest BCUT2D eigenvalue weighted by atomic mass is 9.82. The molecule has 3 aromatic rings. The lowest BCUT2D eigenvalue weighted by Gasteiger charge is -2.41. The summed E-state index contributed by atoms with van der Waals surface area (Å²) in [5, 5.41) is 6.10. The van der Waals surface area contributed by atoms with Gasteiger partial charge in [-0.1, -0.05) is 24.6 Å². The van der Waals surface area contributed by atoms with Gasteiger partial charge in [-0.15, -0.1) is 0 Å². The predicted octanol–water partition coefficient (Wildman–Crippen LogP) is 3.14. The number of hydrogen-bond acceptors (Lipinski definition) is 8. The van der Waals surface area contributed by atoms with Crippen LogP contribution in [0.4, 0.5) is 5.69 Å². The Balaban J connectivity index is 1.34. The molecule has 2 aromatic heterocycles. The van der Waals surface area contributed by atoms with Gasteiger partial charge in [0.25, 0.3) is 5.91 Å². The van der Waals surface area contributed by atoms with Crippen LogP contribution in [-0.2, 0) is 14.9 Å². The number of benzene rings is 1. The van der Waals surface area contributed by atoms with E-state index in [9.17, 15) is 13.2 Å². The highest BCUT2D eigenvalue weighted by Crippen LogP contribution is 2.43. The van der Waals surface area contributed by atoms with Gasteiger partial charge < -0.3 is 9.64 Å². The van der Waals surface area contributed by atoms with Crippen molar-refractivity contribution in [1.29, 1.82) is 0 Å². The number of fused-ring (bicyclic) bond motifs is 1. The average Bonchev–Trinajstić information content (AvgIpc) is 3.37. The number of piperidine rings is 1. The Morgan fingerprint density at radius 3 is 2.43 bits per heavy atom. The zero-order chi connectivity index (χ0) is 28.8. The smallest absolute Gasteiger partial charge is 0.328 e. The molecule has 2 saturated heterocycles. The number of rotatable bonds is 5. The van der Waals surface area contributed by atoms with Crippen LogP contribution in [0, 0.1) is 0 Å². The fourth-order valence-corrected chi connectivity index (χ4v) is 7.67. The maximum atomic E-state index is 13.9. The maximum Gasteiger partial charge on any atom is 0.328 e. The van der Waals surface area contributed by atoms with Crippen molar-refractivity contribution in [2.45, 2.75) is 44.1 Å². The Labute approximate surface area is 246 Å². The number of ether oxygens (including phenoxy) is 1. The number of nitrogens with zero attached hydrogens (tertiary/aromatic N) is 7. The van der Waals surface area contributed by atoms with Gasteiger partial charge in [0.1, 0.15) is 5.69 Å². The molecule has 5 heterocycles. The van der Waals surface area contributed by atoms with Crippen molar-refractivity contribution in [3.8, 4) is 5.69 Å². The van der Waals surface area contributed by atoms with E-state index in [1.54, 1.807) is 6.08 Å². The van der Waals surface area contributed by atoms with Gasteiger partial charge in [0.05, 0.1) is 42.2 Å². The minimum Gasteiger partial charge on any atom is -0.379 e. The second-order valence-corrected chi connectivity index (χ2v) is 13.5. The molecule has 1 aromatic carbocycles. The lowest BCUT2D eigenvalue weighted by Crippen LogP contribution is -2.49. The minimum atomic E-state index is -3.99. The number of amides is 1. The summed E-state index contributed by atoms with van der Waals surface area (Å²) in [6.45, 7) is 5.13. The normalized spacial score (nSPS) is 22.1. The fraction of sp³-hybridized carbons (Fsp3) is 0.500. The van der Waals surface area contributed by atoms with Crippen LogP contribution in [0.1, 0.15) is 54.2 Å². The molecule has 0 bridgehead atoms. The van der Waals surface area contributed by atoms with E-state index in [0.717, 1.165) is 96.1 Å². The molecule has 11 nitrogen and oxygen atoms in total. The van der Waals surface area contributed by atoms with Crippen LogP contribution in [0.15, 0.2) is 48.7 Å². The highest BCUT2D eigenvalue weighted by atomic mass is 32.2. The number of carbonyl (C=O) groups excluding carboxylic acids is 1. The van der Waals surface area contributed by atoms with Gasteiger partial charge in [0.15, 0.2) is 5.65 Å². The zero-order valence-electron chi connectivity index (χ0n) is 23.9. The van der Waals surface area contributed by atoms with Gasteiger partial charge in [0, 0.05) is 51.4 Å². The van der Waals surface area contributed by atoms with Crippen LogP contribution in [-0.4, -0.2) is 102 Å². The van der Waals surface area contributed by atoms with E-state index in [0.29, 0.717) is 17.6 Å². The molecular weight excluding hydrogens is 554 g/mol. The quantitative estimate of drug-likeness (QED) is 0.446. The van der Waals surface area contributed by atoms with Gasteiger partial charge in [-0.2, -0.15) is 13.5 Å². The number of aromatic nitrogens is 3. The molecule has 42 heavy (non-hydrogen) atoms. The summed E-state index contributed by atoms with van der Waals surface area (Å²) >= 11 is 0. The second kappa shape index (κ2) is 11.0. The molecule has 1 amide bonds. The topological polar surface area (TPSA) is 104 Å². The first-order valence-electron chi connectivity index (χ1n) is 14.9. The van der Waals surface area contributed by atoms with Gasteiger partial charge in [-0.05, 0) is 50.0 Å². The molecular formula is C30H37N7O4S. The molecule has 12 heteroatoms. The largest absolute Gasteiger partial charge is 0.379 e. The molecule has 0 radical (unpaired) electrons. The van der Waals surface area contributed by atoms with Crippen molar-refractivity contribution >= 4 is 32.8 Å². The highest BCUT2D eigenvalue weighted by molar-refractivity contribution is 7.87. The Morgan fingerprint density at radius 2 is 1.74 bits per heavy atom. The first-order chi connectivity index (χ1) is 20.4. The molecule has 1 aliphatic carbocycles. The van der Waals surface area contributed by atoms with Gasteiger partial charge >= 0.3 is 10.2 Å². The minimum absolute atomic E-state index is 0.0310. The van der Waals surface area contributed by atoms with Crippen LogP contribution in [0.25, 0.3) is 16.7 Å². The summed E-state index contributed by atoms with van der Waals surface area (Å²) in [4.78, 5) is 23.7. The second-order valence-electron chi connectivity index (χ2n) is 11.6. The molecule has 4 aliphatic rings. The Bertz CT molecular complexity index is 1610. The van der Waals surface area contributed by atoms with E-state index in [1.807, 2.05) is 41.1 Å². The summed E-state index contributed by atoms with van der Waals surface area (Å²) in [5.41, 5.74) is 3.50. The lowest BCUT2D eigenvalue weighted by molar-refractivity contribution is 0.0115. The molecule has 7 rings (SSSR count). The molecule has 222 valence electrons. The van der Waals surface area contributed by atoms with Crippen LogP contribution < -0.4 is 4.90 Å².